The van der Waals surface area contributed by atoms with Crippen LogP contribution in [0.4, 0.5) is 0 Å². The van der Waals surface area contributed by atoms with E-state index in [4.69, 9.17) is 9.15 Å². The van der Waals surface area contributed by atoms with Crippen LogP contribution in [0.1, 0.15) is 12.7 Å². The molecular formula is C18H17BrN2O3. The van der Waals surface area contributed by atoms with Crippen LogP contribution in [-0.4, -0.2) is 25.7 Å². The molecule has 0 saturated carbocycles. The molecule has 0 saturated heterocycles. The third kappa shape index (κ3) is 4.57. The molecule has 124 valence electrons. The van der Waals surface area contributed by atoms with Gasteiger partial charge in [-0.15, -0.1) is 0 Å². The number of carbonyl (C=O) groups excluding carboxylic acids is 1. The van der Waals surface area contributed by atoms with Gasteiger partial charge in [0.25, 0.3) is 5.91 Å². The highest BCUT2D eigenvalue weighted by Crippen LogP contribution is 2.29. The Morgan fingerprint density at radius 3 is 2.83 bits per heavy atom. The van der Waals surface area contributed by atoms with Crippen molar-refractivity contribution in [3.8, 4) is 17.4 Å². The molecule has 0 aliphatic carbocycles. The number of furan rings is 1. The van der Waals surface area contributed by atoms with Crippen LogP contribution in [0.2, 0.25) is 0 Å². The quantitative estimate of drug-likeness (QED) is 0.603. The Kier molecular flexibility index (Phi) is 6.36. The highest BCUT2D eigenvalue weighted by atomic mass is 79.9. The molecule has 1 heterocycles. The molecular weight excluding hydrogens is 372 g/mol. The van der Waals surface area contributed by atoms with Crippen molar-refractivity contribution in [2.24, 2.45) is 0 Å². The van der Waals surface area contributed by atoms with Gasteiger partial charge in [0.15, 0.2) is 0 Å². The van der Waals surface area contributed by atoms with Crippen molar-refractivity contribution < 1.29 is 13.9 Å². The fourth-order valence-electron chi connectivity index (χ4n) is 2.12. The smallest absolute Gasteiger partial charge is 0.262 e. The van der Waals surface area contributed by atoms with E-state index in [1.807, 2.05) is 30.3 Å². The minimum Gasteiger partial charge on any atom is -0.457 e. The molecule has 2 rings (SSSR count). The van der Waals surface area contributed by atoms with E-state index >= 15 is 0 Å². The van der Waals surface area contributed by atoms with E-state index in [9.17, 15) is 10.1 Å². The lowest BCUT2D eigenvalue weighted by atomic mass is 10.2. The van der Waals surface area contributed by atoms with Gasteiger partial charge in [-0.1, -0.05) is 34.1 Å². The van der Waals surface area contributed by atoms with Gasteiger partial charge in [0.1, 0.15) is 23.2 Å². The second-order valence-corrected chi connectivity index (χ2v) is 6.04. The molecule has 0 aliphatic rings. The first kappa shape index (κ1) is 18.0. The summed E-state index contributed by atoms with van der Waals surface area (Å²) in [5, 5.41) is 11.9. The summed E-state index contributed by atoms with van der Waals surface area (Å²) in [6, 6.07) is 12.9. The number of methoxy groups -OCH3 is 1. The van der Waals surface area contributed by atoms with Crippen molar-refractivity contribution >= 4 is 27.9 Å². The van der Waals surface area contributed by atoms with Gasteiger partial charge in [0.05, 0.1) is 6.61 Å². The van der Waals surface area contributed by atoms with Crippen molar-refractivity contribution in [1.82, 2.24) is 5.32 Å². The highest BCUT2D eigenvalue weighted by molar-refractivity contribution is 9.10. The fraction of sp³-hybridized carbons (Fsp3) is 0.222. The van der Waals surface area contributed by atoms with Gasteiger partial charge in [-0.05, 0) is 25.1 Å². The van der Waals surface area contributed by atoms with Gasteiger partial charge in [0.2, 0.25) is 0 Å². The zero-order chi connectivity index (χ0) is 17.5. The standard InChI is InChI=1S/C18H17BrN2O3/c1-12(11-23-2)21-18(22)13(10-20)9-14-7-8-17(24-14)15-5-3-4-6-16(15)19/h3-9,12H,11H2,1-2H3,(H,21,22)/b13-9+/t12-/m1/s1. The Bertz CT molecular complexity index is 790. The lowest BCUT2D eigenvalue weighted by molar-refractivity contribution is -0.117. The maximum atomic E-state index is 12.1. The van der Waals surface area contributed by atoms with E-state index in [1.54, 1.807) is 26.2 Å². The van der Waals surface area contributed by atoms with Crippen LogP contribution in [0, 0.1) is 11.3 Å². The molecule has 0 spiro atoms. The average Bonchev–Trinajstić information content (AvgIpc) is 3.01. The van der Waals surface area contributed by atoms with Crippen molar-refractivity contribution in [2.45, 2.75) is 13.0 Å². The maximum absolute atomic E-state index is 12.1. The topological polar surface area (TPSA) is 75.3 Å². The van der Waals surface area contributed by atoms with Crippen molar-refractivity contribution in [3.63, 3.8) is 0 Å². The summed E-state index contributed by atoms with van der Waals surface area (Å²) in [6.45, 7) is 2.17. The number of nitrogens with one attached hydrogen (secondary N) is 1. The molecule has 6 heteroatoms. The molecule has 0 fully saturated rings. The van der Waals surface area contributed by atoms with Crippen LogP contribution in [0.3, 0.4) is 0 Å². The predicted molar refractivity (Wildman–Crippen MR) is 94.9 cm³/mol. The number of hydrogen-bond donors (Lipinski definition) is 1. The number of rotatable bonds is 6. The summed E-state index contributed by atoms with van der Waals surface area (Å²) in [4.78, 5) is 12.1. The predicted octanol–water partition coefficient (Wildman–Crippen LogP) is 3.77. The molecule has 24 heavy (non-hydrogen) atoms. The molecule has 1 aromatic carbocycles. The minimum atomic E-state index is -0.458. The van der Waals surface area contributed by atoms with Gasteiger partial charge in [-0.3, -0.25) is 4.79 Å². The second kappa shape index (κ2) is 8.48. The van der Waals surface area contributed by atoms with Crippen LogP contribution in [0.5, 0.6) is 0 Å². The summed E-state index contributed by atoms with van der Waals surface area (Å²) in [5.74, 6) is 0.631. The van der Waals surface area contributed by atoms with E-state index in [-0.39, 0.29) is 11.6 Å². The molecule has 0 bridgehead atoms. The molecule has 1 atom stereocenters. The number of nitriles is 1. The van der Waals surface area contributed by atoms with Crippen LogP contribution in [0.25, 0.3) is 17.4 Å². The van der Waals surface area contributed by atoms with Gasteiger partial charge < -0.3 is 14.5 Å². The van der Waals surface area contributed by atoms with Crippen molar-refractivity contribution in [2.75, 3.05) is 13.7 Å². The fourth-order valence-corrected chi connectivity index (χ4v) is 2.60. The van der Waals surface area contributed by atoms with Gasteiger partial charge >= 0.3 is 0 Å². The van der Waals surface area contributed by atoms with E-state index in [0.717, 1.165) is 10.0 Å². The SMILES string of the molecule is COC[C@@H](C)NC(=O)/C(C#N)=C/c1ccc(-c2ccccc2Br)o1. The first-order valence-corrected chi connectivity index (χ1v) is 8.10. The van der Waals surface area contributed by atoms with E-state index in [2.05, 4.69) is 21.2 Å². The van der Waals surface area contributed by atoms with Crippen LogP contribution >= 0.6 is 15.9 Å². The molecule has 0 unspecified atom stereocenters. The third-order valence-corrected chi connectivity index (χ3v) is 3.90. The number of carbonyl (C=O) groups is 1. The van der Waals surface area contributed by atoms with Gasteiger partial charge in [-0.25, -0.2) is 0 Å². The Labute approximate surface area is 149 Å². The van der Waals surface area contributed by atoms with E-state index < -0.39 is 5.91 Å². The maximum Gasteiger partial charge on any atom is 0.262 e. The Hall–Kier alpha value is -2.36. The summed E-state index contributed by atoms with van der Waals surface area (Å²) in [6.07, 6.45) is 1.43. The number of amides is 1. The van der Waals surface area contributed by atoms with Crippen molar-refractivity contribution in [1.29, 1.82) is 5.26 Å². The molecule has 0 radical (unpaired) electrons. The monoisotopic (exact) mass is 388 g/mol. The van der Waals surface area contributed by atoms with E-state index in [1.165, 1.54) is 6.08 Å². The summed E-state index contributed by atoms with van der Waals surface area (Å²) < 4.78 is 11.6. The summed E-state index contributed by atoms with van der Waals surface area (Å²) in [5.41, 5.74) is 0.875. The Balaban J connectivity index is 2.19. The lowest BCUT2D eigenvalue weighted by Gasteiger charge is -2.11. The lowest BCUT2D eigenvalue weighted by Crippen LogP contribution is -2.36. The Morgan fingerprint density at radius 2 is 2.17 bits per heavy atom. The molecule has 5 nitrogen and oxygen atoms in total. The number of nitrogens with zero attached hydrogens (tertiary/aromatic N) is 1. The van der Waals surface area contributed by atoms with Gasteiger partial charge in [-0.2, -0.15) is 5.26 Å². The third-order valence-electron chi connectivity index (χ3n) is 3.21. The molecule has 2 aromatic rings. The first-order chi connectivity index (χ1) is 11.5. The van der Waals surface area contributed by atoms with Crippen LogP contribution in [0.15, 0.2) is 50.9 Å². The summed E-state index contributed by atoms with van der Waals surface area (Å²) in [7, 11) is 1.55. The average molecular weight is 389 g/mol. The summed E-state index contributed by atoms with van der Waals surface area (Å²) >= 11 is 3.47. The highest BCUT2D eigenvalue weighted by Gasteiger charge is 2.14. The normalized spacial score (nSPS) is 12.5. The van der Waals surface area contributed by atoms with Gasteiger partial charge in [0, 0.05) is 29.3 Å². The first-order valence-electron chi connectivity index (χ1n) is 7.31. The molecule has 1 N–H and O–H groups in total. The largest absolute Gasteiger partial charge is 0.457 e. The number of halogens is 1. The van der Waals surface area contributed by atoms with Crippen LogP contribution in [-0.2, 0) is 9.53 Å². The zero-order valence-corrected chi connectivity index (χ0v) is 15.0. The Morgan fingerprint density at radius 1 is 1.42 bits per heavy atom. The molecule has 1 amide bonds. The zero-order valence-electron chi connectivity index (χ0n) is 13.4. The number of benzene rings is 1. The number of ether oxygens (including phenoxy) is 1. The minimum absolute atomic E-state index is 0.0222. The molecule has 1 aromatic heterocycles. The second-order valence-electron chi connectivity index (χ2n) is 5.18. The molecule has 0 aliphatic heterocycles. The number of hydrogen-bond acceptors (Lipinski definition) is 4. The van der Waals surface area contributed by atoms with E-state index in [0.29, 0.717) is 18.1 Å². The van der Waals surface area contributed by atoms with Crippen molar-refractivity contribution in [3.05, 3.63) is 52.2 Å². The van der Waals surface area contributed by atoms with Crippen LogP contribution < -0.4 is 5.32 Å².